The predicted molar refractivity (Wildman–Crippen MR) is 70.6 cm³/mol. The van der Waals surface area contributed by atoms with Crippen molar-refractivity contribution >= 4 is 23.4 Å². The van der Waals surface area contributed by atoms with Crippen LogP contribution in [0.5, 0.6) is 0 Å². The molecule has 0 unspecified atom stereocenters. The van der Waals surface area contributed by atoms with Gasteiger partial charge in [0.15, 0.2) is 0 Å². The standard InChI is InChI=1S/C13H9ClFN3O2/c14-11-9(5-3-7-16-11)13(20)18-17-12(19)8-4-1-2-6-10(8)15/h1-7H,(H,17,19)(H,18,20). The summed E-state index contributed by atoms with van der Waals surface area (Å²) in [5.41, 5.74) is 4.16. The first-order chi connectivity index (χ1) is 9.59. The summed E-state index contributed by atoms with van der Waals surface area (Å²) in [6, 6.07) is 8.39. The molecule has 2 N–H and O–H groups in total. The Balaban J connectivity index is 2.03. The van der Waals surface area contributed by atoms with Crippen LogP contribution in [-0.2, 0) is 0 Å². The van der Waals surface area contributed by atoms with Crippen LogP contribution in [0.15, 0.2) is 42.6 Å². The number of rotatable bonds is 2. The van der Waals surface area contributed by atoms with Gasteiger partial charge in [0.1, 0.15) is 11.0 Å². The Labute approximate surface area is 118 Å². The zero-order valence-corrected chi connectivity index (χ0v) is 10.8. The summed E-state index contributed by atoms with van der Waals surface area (Å²) in [5, 5.41) is 0.00476. The molecule has 0 fully saturated rings. The molecule has 1 aromatic carbocycles. The van der Waals surface area contributed by atoms with Crippen LogP contribution in [-0.4, -0.2) is 16.8 Å². The second-order valence-corrected chi connectivity index (χ2v) is 4.09. The number of nitrogens with one attached hydrogen (secondary N) is 2. The van der Waals surface area contributed by atoms with E-state index in [1.54, 1.807) is 0 Å². The van der Waals surface area contributed by atoms with Crippen molar-refractivity contribution in [1.29, 1.82) is 0 Å². The van der Waals surface area contributed by atoms with E-state index in [-0.39, 0.29) is 16.3 Å². The van der Waals surface area contributed by atoms with Crippen molar-refractivity contribution in [2.75, 3.05) is 0 Å². The Morgan fingerprint density at radius 1 is 1.00 bits per heavy atom. The minimum atomic E-state index is -0.767. The van der Waals surface area contributed by atoms with Crippen LogP contribution in [0.1, 0.15) is 20.7 Å². The van der Waals surface area contributed by atoms with Gasteiger partial charge >= 0.3 is 0 Å². The Bertz CT molecular complexity index is 606. The third-order valence-electron chi connectivity index (χ3n) is 2.41. The topological polar surface area (TPSA) is 71.1 Å². The number of halogens is 2. The number of benzene rings is 1. The molecule has 1 aromatic heterocycles. The van der Waals surface area contributed by atoms with Gasteiger partial charge in [0.2, 0.25) is 0 Å². The highest BCUT2D eigenvalue weighted by molar-refractivity contribution is 6.32. The van der Waals surface area contributed by atoms with Gasteiger partial charge in [-0.15, -0.1) is 0 Å². The van der Waals surface area contributed by atoms with E-state index in [0.717, 1.165) is 6.07 Å². The fourth-order valence-corrected chi connectivity index (χ4v) is 1.65. The summed E-state index contributed by atoms with van der Waals surface area (Å²) in [6.07, 6.45) is 1.43. The van der Waals surface area contributed by atoms with Gasteiger partial charge in [-0.1, -0.05) is 23.7 Å². The van der Waals surface area contributed by atoms with E-state index in [0.29, 0.717) is 0 Å². The van der Waals surface area contributed by atoms with Crippen molar-refractivity contribution in [1.82, 2.24) is 15.8 Å². The molecule has 0 aliphatic heterocycles. The fourth-order valence-electron chi connectivity index (χ4n) is 1.45. The predicted octanol–water partition coefficient (Wildman–Crippen LogP) is 1.95. The highest BCUT2D eigenvalue weighted by atomic mass is 35.5. The average Bonchev–Trinajstić information content (AvgIpc) is 2.45. The number of carbonyl (C=O) groups is 2. The molecule has 1 heterocycles. The second kappa shape index (κ2) is 6.12. The molecule has 20 heavy (non-hydrogen) atoms. The maximum Gasteiger partial charge on any atom is 0.272 e. The average molecular weight is 294 g/mol. The van der Waals surface area contributed by atoms with E-state index in [9.17, 15) is 14.0 Å². The molecule has 7 heteroatoms. The minimum Gasteiger partial charge on any atom is -0.267 e. The normalized spacial score (nSPS) is 9.90. The molecule has 0 aliphatic carbocycles. The number of pyridine rings is 1. The number of nitrogens with zero attached hydrogens (tertiary/aromatic N) is 1. The van der Waals surface area contributed by atoms with Crippen molar-refractivity contribution in [2.45, 2.75) is 0 Å². The van der Waals surface area contributed by atoms with E-state index in [2.05, 4.69) is 15.8 Å². The molecule has 0 saturated carbocycles. The van der Waals surface area contributed by atoms with Crippen LogP contribution in [0, 0.1) is 5.82 Å². The molecule has 5 nitrogen and oxygen atoms in total. The smallest absolute Gasteiger partial charge is 0.267 e. The number of hydrogen-bond acceptors (Lipinski definition) is 3. The molecule has 2 amide bonds. The number of hydrazine groups is 1. The lowest BCUT2D eigenvalue weighted by molar-refractivity contribution is 0.0844. The van der Waals surface area contributed by atoms with Gasteiger partial charge in [-0.25, -0.2) is 9.37 Å². The van der Waals surface area contributed by atoms with Crippen LogP contribution in [0.25, 0.3) is 0 Å². The first-order valence-electron chi connectivity index (χ1n) is 5.55. The lowest BCUT2D eigenvalue weighted by atomic mass is 10.2. The largest absolute Gasteiger partial charge is 0.272 e. The zero-order valence-electron chi connectivity index (χ0n) is 10.1. The first kappa shape index (κ1) is 14.0. The third kappa shape index (κ3) is 3.10. The molecular weight excluding hydrogens is 285 g/mol. The van der Waals surface area contributed by atoms with Crippen molar-refractivity contribution in [2.24, 2.45) is 0 Å². The van der Waals surface area contributed by atoms with Crippen molar-refractivity contribution in [3.05, 3.63) is 64.7 Å². The molecule has 0 spiro atoms. The van der Waals surface area contributed by atoms with Crippen LogP contribution >= 0.6 is 11.6 Å². The maximum absolute atomic E-state index is 13.3. The number of aromatic nitrogens is 1. The second-order valence-electron chi connectivity index (χ2n) is 3.73. The fraction of sp³-hybridized carbons (Fsp3) is 0. The third-order valence-corrected chi connectivity index (χ3v) is 2.71. The van der Waals surface area contributed by atoms with Crippen LogP contribution in [0.3, 0.4) is 0 Å². The molecule has 0 aliphatic rings. The molecule has 102 valence electrons. The lowest BCUT2D eigenvalue weighted by Crippen LogP contribution is -2.42. The van der Waals surface area contributed by atoms with E-state index in [1.165, 1.54) is 36.5 Å². The van der Waals surface area contributed by atoms with E-state index >= 15 is 0 Å². The van der Waals surface area contributed by atoms with E-state index in [4.69, 9.17) is 11.6 Å². The van der Waals surface area contributed by atoms with E-state index in [1.807, 2.05) is 0 Å². The molecule has 0 bridgehead atoms. The molecule has 0 atom stereocenters. The molecule has 0 saturated heterocycles. The van der Waals surface area contributed by atoms with Gasteiger partial charge in [0.25, 0.3) is 11.8 Å². The molecule has 2 rings (SSSR count). The summed E-state index contributed by atoms with van der Waals surface area (Å²) >= 11 is 5.73. The van der Waals surface area contributed by atoms with Crippen LogP contribution in [0.2, 0.25) is 5.15 Å². The van der Waals surface area contributed by atoms with Gasteiger partial charge in [0.05, 0.1) is 11.1 Å². The summed E-state index contributed by atoms with van der Waals surface area (Å²) in [7, 11) is 0. The Hall–Kier alpha value is -2.47. The zero-order chi connectivity index (χ0) is 14.5. The number of amides is 2. The monoisotopic (exact) mass is 293 g/mol. The molecule has 0 radical (unpaired) electrons. The summed E-state index contributed by atoms with van der Waals surface area (Å²) in [5.74, 6) is -2.09. The van der Waals surface area contributed by atoms with Gasteiger partial charge in [-0.05, 0) is 24.3 Å². The highest BCUT2D eigenvalue weighted by Gasteiger charge is 2.14. The van der Waals surface area contributed by atoms with Gasteiger partial charge in [-0.3, -0.25) is 20.4 Å². The lowest BCUT2D eigenvalue weighted by Gasteiger charge is -2.08. The summed E-state index contributed by atoms with van der Waals surface area (Å²) in [4.78, 5) is 27.1. The Kier molecular flexibility index (Phi) is 4.27. The van der Waals surface area contributed by atoms with Crippen molar-refractivity contribution < 1.29 is 14.0 Å². The molecular formula is C13H9ClFN3O2. The van der Waals surface area contributed by atoms with Crippen molar-refractivity contribution in [3.8, 4) is 0 Å². The summed E-state index contributed by atoms with van der Waals surface area (Å²) in [6.45, 7) is 0. The molecule has 2 aromatic rings. The first-order valence-corrected chi connectivity index (χ1v) is 5.93. The van der Waals surface area contributed by atoms with Crippen LogP contribution in [0.4, 0.5) is 4.39 Å². The number of carbonyl (C=O) groups excluding carboxylic acids is 2. The van der Waals surface area contributed by atoms with Crippen LogP contribution < -0.4 is 10.9 Å². The van der Waals surface area contributed by atoms with Crippen molar-refractivity contribution in [3.63, 3.8) is 0 Å². The summed E-state index contributed by atoms with van der Waals surface area (Å²) < 4.78 is 13.3. The maximum atomic E-state index is 13.3. The van der Waals surface area contributed by atoms with Gasteiger partial charge in [-0.2, -0.15) is 0 Å². The minimum absolute atomic E-state index is 0.00476. The van der Waals surface area contributed by atoms with E-state index < -0.39 is 17.6 Å². The highest BCUT2D eigenvalue weighted by Crippen LogP contribution is 2.10. The Morgan fingerprint density at radius 3 is 2.25 bits per heavy atom. The Morgan fingerprint density at radius 2 is 1.60 bits per heavy atom. The van der Waals surface area contributed by atoms with Gasteiger partial charge in [0, 0.05) is 6.20 Å². The van der Waals surface area contributed by atoms with Gasteiger partial charge < -0.3 is 0 Å². The number of hydrogen-bond donors (Lipinski definition) is 2. The SMILES string of the molecule is O=C(NNC(=O)c1cccnc1Cl)c1ccccc1F. The quantitative estimate of drug-likeness (QED) is 0.657.